The maximum atomic E-state index is 12.5. The number of nitrogens with zero attached hydrogens (tertiary/aromatic N) is 1. The van der Waals surface area contributed by atoms with Gasteiger partial charge in [0, 0.05) is 19.6 Å². The van der Waals surface area contributed by atoms with Crippen LogP contribution in [0.15, 0.2) is 29.2 Å². The van der Waals surface area contributed by atoms with Crippen molar-refractivity contribution < 1.29 is 8.42 Å². The van der Waals surface area contributed by atoms with Crippen molar-refractivity contribution in [1.29, 1.82) is 0 Å². The van der Waals surface area contributed by atoms with E-state index >= 15 is 0 Å². The molecule has 1 fully saturated rings. The number of sulfonamides is 1. The molecule has 1 saturated heterocycles. The van der Waals surface area contributed by atoms with Crippen molar-refractivity contribution >= 4 is 10.0 Å². The van der Waals surface area contributed by atoms with Gasteiger partial charge in [-0.15, -0.1) is 0 Å². The average Bonchev–Trinajstić information content (AvgIpc) is 2.68. The highest BCUT2D eigenvalue weighted by Crippen LogP contribution is 2.20. The molecule has 106 valence electrons. The number of rotatable bonds is 3. The summed E-state index contributed by atoms with van der Waals surface area (Å²) >= 11 is 0. The molecule has 0 unspecified atom stereocenters. The van der Waals surface area contributed by atoms with Crippen LogP contribution in [0.3, 0.4) is 0 Å². The van der Waals surface area contributed by atoms with Crippen molar-refractivity contribution in [2.24, 2.45) is 0 Å². The largest absolute Gasteiger partial charge is 0.315 e. The summed E-state index contributed by atoms with van der Waals surface area (Å²) in [6.45, 7) is 6.96. The number of benzene rings is 1. The zero-order valence-corrected chi connectivity index (χ0v) is 12.4. The summed E-state index contributed by atoms with van der Waals surface area (Å²) in [6.07, 6.45) is 0.864. The van der Waals surface area contributed by atoms with Gasteiger partial charge in [0.25, 0.3) is 0 Å². The van der Waals surface area contributed by atoms with Crippen molar-refractivity contribution in [1.82, 2.24) is 9.62 Å². The van der Waals surface area contributed by atoms with Crippen LogP contribution in [-0.4, -0.2) is 38.9 Å². The van der Waals surface area contributed by atoms with Crippen LogP contribution >= 0.6 is 0 Å². The van der Waals surface area contributed by atoms with Gasteiger partial charge in [-0.25, -0.2) is 8.42 Å². The summed E-state index contributed by atoms with van der Waals surface area (Å²) < 4.78 is 26.6. The fraction of sp³-hybridized carbons (Fsp3) is 0.571. The van der Waals surface area contributed by atoms with E-state index in [1.54, 1.807) is 16.4 Å². The molecule has 1 aromatic carbocycles. The summed E-state index contributed by atoms with van der Waals surface area (Å²) in [4.78, 5) is 0.402. The normalized spacial score (nSPS) is 18.5. The highest BCUT2D eigenvalue weighted by molar-refractivity contribution is 7.89. The standard InChI is InChI=1S/C14H22N2O2S/c1-12(2)13-4-6-14(7-5-13)19(17,18)16-10-3-8-15-9-11-16/h4-7,12,15H,3,8-11H2,1-2H3. The maximum absolute atomic E-state index is 12.5. The number of hydrogen-bond donors (Lipinski definition) is 1. The molecule has 1 aromatic rings. The quantitative estimate of drug-likeness (QED) is 0.919. The summed E-state index contributed by atoms with van der Waals surface area (Å²) in [6, 6.07) is 7.27. The third kappa shape index (κ3) is 3.35. The summed E-state index contributed by atoms with van der Waals surface area (Å²) in [5.74, 6) is 0.416. The molecule has 0 saturated carbocycles. The molecule has 0 amide bonds. The van der Waals surface area contributed by atoms with E-state index < -0.39 is 10.0 Å². The first-order valence-electron chi connectivity index (χ1n) is 6.82. The lowest BCUT2D eigenvalue weighted by molar-refractivity contribution is 0.432. The Labute approximate surface area is 115 Å². The Morgan fingerprint density at radius 3 is 2.42 bits per heavy atom. The molecule has 0 spiro atoms. The predicted molar refractivity (Wildman–Crippen MR) is 76.8 cm³/mol. The van der Waals surface area contributed by atoms with Gasteiger partial charge in [-0.2, -0.15) is 4.31 Å². The molecule has 0 bridgehead atoms. The van der Waals surface area contributed by atoms with Crippen molar-refractivity contribution in [3.8, 4) is 0 Å². The van der Waals surface area contributed by atoms with Crippen molar-refractivity contribution in [3.63, 3.8) is 0 Å². The van der Waals surface area contributed by atoms with Gasteiger partial charge in [0.2, 0.25) is 10.0 Å². The second-order valence-corrected chi connectivity index (χ2v) is 7.17. The Bertz CT molecular complexity index is 501. The van der Waals surface area contributed by atoms with Gasteiger partial charge in [-0.1, -0.05) is 26.0 Å². The highest BCUT2D eigenvalue weighted by Gasteiger charge is 2.24. The Morgan fingerprint density at radius 2 is 1.79 bits per heavy atom. The summed E-state index contributed by atoms with van der Waals surface area (Å²) in [7, 11) is -3.33. The summed E-state index contributed by atoms with van der Waals surface area (Å²) in [5, 5.41) is 3.22. The Hall–Kier alpha value is -0.910. The molecule has 5 heteroatoms. The van der Waals surface area contributed by atoms with E-state index in [1.165, 1.54) is 0 Å². The first-order chi connectivity index (χ1) is 9.01. The third-order valence-electron chi connectivity index (χ3n) is 3.48. The molecule has 0 aromatic heterocycles. The second-order valence-electron chi connectivity index (χ2n) is 5.23. The van der Waals surface area contributed by atoms with Gasteiger partial charge in [-0.05, 0) is 36.6 Å². The van der Waals surface area contributed by atoms with E-state index in [2.05, 4.69) is 19.2 Å². The van der Waals surface area contributed by atoms with Crippen LogP contribution < -0.4 is 5.32 Å². The molecule has 0 radical (unpaired) electrons. The molecule has 19 heavy (non-hydrogen) atoms. The molecule has 1 aliphatic rings. The number of hydrogen-bond acceptors (Lipinski definition) is 3. The Balaban J connectivity index is 2.23. The maximum Gasteiger partial charge on any atom is 0.243 e. The van der Waals surface area contributed by atoms with Gasteiger partial charge in [0.15, 0.2) is 0 Å². The van der Waals surface area contributed by atoms with E-state index in [9.17, 15) is 8.42 Å². The van der Waals surface area contributed by atoms with Gasteiger partial charge in [0.05, 0.1) is 4.90 Å². The summed E-state index contributed by atoms with van der Waals surface area (Å²) in [5.41, 5.74) is 1.16. The van der Waals surface area contributed by atoms with Crippen LogP contribution in [0.5, 0.6) is 0 Å². The first kappa shape index (κ1) is 14.5. The first-order valence-corrected chi connectivity index (χ1v) is 8.26. The molecule has 0 aliphatic carbocycles. The molecule has 2 rings (SSSR count). The van der Waals surface area contributed by atoms with Crippen molar-refractivity contribution in [2.75, 3.05) is 26.2 Å². The fourth-order valence-corrected chi connectivity index (χ4v) is 3.71. The van der Waals surface area contributed by atoms with Crippen LogP contribution in [0, 0.1) is 0 Å². The Morgan fingerprint density at radius 1 is 1.11 bits per heavy atom. The highest BCUT2D eigenvalue weighted by atomic mass is 32.2. The Kier molecular flexibility index (Phi) is 4.60. The average molecular weight is 282 g/mol. The molecule has 1 N–H and O–H groups in total. The van der Waals surface area contributed by atoms with Gasteiger partial charge >= 0.3 is 0 Å². The van der Waals surface area contributed by atoms with E-state index in [1.807, 2.05) is 12.1 Å². The predicted octanol–water partition coefficient (Wildman–Crippen LogP) is 1.79. The van der Waals surface area contributed by atoms with Crippen LogP contribution in [0.2, 0.25) is 0 Å². The molecular formula is C14H22N2O2S. The zero-order valence-electron chi connectivity index (χ0n) is 11.6. The molecule has 0 atom stereocenters. The fourth-order valence-electron chi connectivity index (χ4n) is 2.24. The minimum absolute atomic E-state index is 0.402. The minimum Gasteiger partial charge on any atom is -0.315 e. The number of nitrogens with one attached hydrogen (secondary N) is 1. The smallest absolute Gasteiger partial charge is 0.243 e. The van der Waals surface area contributed by atoms with Gasteiger partial charge in [0.1, 0.15) is 0 Å². The monoisotopic (exact) mass is 282 g/mol. The topological polar surface area (TPSA) is 49.4 Å². The molecular weight excluding hydrogens is 260 g/mol. The van der Waals surface area contributed by atoms with Gasteiger partial charge in [-0.3, -0.25) is 0 Å². The second kappa shape index (κ2) is 6.03. The van der Waals surface area contributed by atoms with Crippen LogP contribution in [0.4, 0.5) is 0 Å². The third-order valence-corrected chi connectivity index (χ3v) is 5.40. The van der Waals surface area contributed by atoms with Crippen molar-refractivity contribution in [2.45, 2.75) is 31.1 Å². The molecule has 4 nitrogen and oxygen atoms in total. The lowest BCUT2D eigenvalue weighted by Gasteiger charge is -2.20. The van der Waals surface area contributed by atoms with E-state index in [0.29, 0.717) is 23.9 Å². The van der Waals surface area contributed by atoms with Gasteiger partial charge < -0.3 is 5.32 Å². The van der Waals surface area contributed by atoms with E-state index in [4.69, 9.17) is 0 Å². The molecule has 1 aliphatic heterocycles. The minimum atomic E-state index is -3.33. The lowest BCUT2D eigenvalue weighted by atomic mass is 10.0. The zero-order chi connectivity index (χ0) is 13.9. The van der Waals surface area contributed by atoms with Crippen LogP contribution in [0.25, 0.3) is 0 Å². The lowest BCUT2D eigenvalue weighted by Crippen LogP contribution is -2.34. The van der Waals surface area contributed by atoms with E-state index in [-0.39, 0.29) is 0 Å². The molecule has 1 heterocycles. The van der Waals surface area contributed by atoms with Crippen LogP contribution in [0.1, 0.15) is 31.7 Å². The SMILES string of the molecule is CC(C)c1ccc(S(=O)(=O)N2CCCNCC2)cc1. The van der Waals surface area contributed by atoms with Crippen LogP contribution in [-0.2, 0) is 10.0 Å². The van der Waals surface area contributed by atoms with Crippen molar-refractivity contribution in [3.05, 3.63) is 29.8 Å². The van der Waals surface area contributed by atoms with E-state index in [0.717, 1.165) is 25.1 Å².